The summed E-state index contributed by atoms with van der Waals surface area (Å²) in [5, 5.41) is 20.7. The summed E-state index contributed by atoms with van der Waals surface area (Å²) in [7, 11) is 1.63. The lowest BCUT2D eigenvalue weighted by molar-refractivity contribution is 0.0651. The van der Waals surface area contributed by atoms with Crippen molar-refractivity contribution in [2.75, 3.05) is 12.1 Å². The van der Waals surface area contributed by atoms with Crippen LogP contribution in [-0.4, -0.2) is 50.0 Å². The quantitative estimate of drug-likeness (QED) is 0.624. The number of benzene rings is 1. The lowest BCUT2D eigenvalue weighted by atomic mass is 10.1. The molecule has 0 aliphatic carbocycles. The number of nitrogens with zero attached hydrogens (tertiary/aromatic N) is 5. The molecule has 1 saturated heterocycles. The number of hydrogen-bond donors (Lipinski definition) is 1. The van der Waals surface area contributed by atoms with E-state index in [4.69, 9.17) is 0 Å². The predicted octanol–water partition coefficient (Wildman–Crippen LogP) is 2.61. The van der Waals surface area contributed by atoms with Gasteiger partial charge in [-0.3, -0.25) is 19.3 Å². The van der Waals surface area contributed by atoms with Crippen LogP contribution >= 0.6 is 11.3 Å². The van der Waals surface area contributed by atoms with Crippen molar-refractivity contribution in [2.24, 2.45) is 0 Å². The van der Waals surface area contributed by atoms with E-state index in [0.717, 1.165) is 24.2 Å². The number of carbonyl (C=O) groups excluding carboxylic acids is 1. The van der Waals surface area contributed by atoms with Gasteiger partial charge >= 0.3 is 0 Å². The van der Waals surface area contributed by atoms with E-state index in [1.807, 2.05) is 11.9 Å². The van der Waals surface area contributed by atoms with Crippen molar-refractivity contribution in [1.82, 2.24) is 19.8 Å². The van der Waals surface area contributed by atoms with Gasteiger partial charge in [-0.15, -0.1) is 10.2 Å². The van der Waals surface area contributed by atoms with Gasteiger partial charge in [-0.25, -0.2) is 13.2 Å². The first kappa shape index (κ1) is 21.4. The Morgan fingerprint density at radius 1 is 1.15 bits per heavy atom. The average Bonchev–Trinajstić information content (AvgIpc) is 3.38. The summed E-state index contributed by atoms with van der Waals surface area (Å²) >= 11 is 0.916. The van der Waals surface area contributed by atoms with Crippen LogP contribution in [0.1, 0.15) is 40.8 Å². The molecule has 2 atom stereocenters. The molecule has 4 heterocycles. The van der Waals surface area contributed by atoms with Crippen molar-refractivity contribution >= 4 is 17.2 Å². The molecule has 1 fully saturated rings. The van der Waals surface area contributed by atoms with E-state index in [0.29, 0.717) is 12.1 Å². The van der Waals surface area contributed by atoms with E-state index in [9.17, 15) is 27.9 Å². The van der Waals surface area contributed by atoms with E-state index >= 15 is 0 Å². The van der Waals surface area contributed by atoms with E-state index in [-0.39, 0.29) is 45.5 Å². The minimum Gasteiger partial charge on any atom is -0.502 e. The molecule has 1 aromatic carbocycles. The molecule has 1 N–H and O–H groups in total. The minimum absolute atomic E-state index is 0.00949. The largest absolute Gasteiger partial charge is 0.502 e. The van der Waals surface area contributed by atoms with Gasteiger partial charge in [0, 0.05) is 43.4 Å². The number of hydrogen-bond acceptors (Lipinski definition) is 7. The molecule has 2 aliphatic rings. The normalized spacial score (nSPS) is 19.7. The molecule has 172 valence electrons. The van der Waals surface area contributed by atoms with Gasteiger partial charge in [0.05, 0.1) is 5.56 Å². The number of carbonyl (C=O) groups is 1. The third-order valence-electron chi connectivity index (χ3n) is 6.11. The van der Waals surface area contributed by atoms with Crippen LogP contribution in [0.2, 0.25) is 0 Å². The third-order valence-corrected chi connectivity index (χ3v) is 7.07. The van der Waals surface area contributed by atoms with Crippen LogP contribution in [0.5, 0.6) is 5.75 Å². The van der Waals surface area contributed by atoms with E-state index in [2.05, 4.69) is 10.2 Å². The molecule has 0 unspecified atom stereocenters. The summed E-state index contributed by atoms with van der Waals surface area (Å²) in [5.74, 6) is -4.29. The Labute approximate surface area is 189 Å². The fourth-order valence-electron chi connectivity index (χ4n) is 4.43. The summed E-state index contributed by atoms with van der Waals surface area (Å²) < 4.78 is 42.7. The number of amides is 1. The van der Waals surface area contributed by atoms with Crippen LogP contribution in [0.25, 0.3) is 10.6 Å². The smallest absolute Gasteiger partial charge is 0.277 e. The Balaban J connectivity index is 1.57. The highest BCUT2D eigenvalue weighted by molar-refractivity contribution is 7.14. The van der Waals surface area contributed by atoms with Crippen LogP contribution in [0.3, 0.4) is 0 Å². The molecule has 12 heteroatoms. The Bertz CT molecular complexity index is 1330. The summed E-state index contributed by atoms with van der Waals surface area (Å²) in [5.41, 5.74) is -1.28. The molecule has 2 aromatic heterocycles. The molecule has 2 aliphatic heterocycles. The van der Waals surface area contributed by atoms with Crippen molar-refractivity contribution in [3.63, 3.8) is 0 Å². The molecule has 1 amide bonds. The van der Waals surface area contributed by atoms with Crippen molar-refractivity contribution in [1.29, 1.82) is 0 Å². The van der Waals surface area contributed by atoms with Gasteiger partial charge in [0.25, 0.3) is 5.91 Å². The monoisotopic (exact) mass is 477 g/mol. The van der Waals surface area contributed by atoms with Crippen LogP contribution in [0, 0.1) is 17.5 Å². The van der Waals surface area contributed by atoms with Crippen molar-refractivity contribution in [3.05, 3.63) is 62.3 Å². The molecule has 8 nitrogen and oxygen atoms in total. The average molecular weight is 477 g/mol. The van der Waals surface area contributed by atoms with Gasteiger partial charge in [0.15, 0.2) is 16.5 Å². The van der Waals surface area contributed by atoms with E-state index < -0.39 is 34.5 Å². The minimum atomic E-state index is -1.05. The Morgan fingerprint density at radius 2 is 1.85 bits per heavy atom. The second kappa shape index (κ2) is 7.58. The number of rotatable bonds is 3. The highest BCUT2D eigenvalue weighted by Gasteiger charge is 2.43. The molecular weight excluding hydrogens is 459 g/mol. The van der Waals surface area contributed by atoms with Crippen molar-refractivity contribution in [3.8, 4) is 16.3 Å². The van der Waals surface area contributed by atoms with Crippen molar-refractivity contribution in [2.45, 2.75) is 38.4 Å². The molecule has 0 bridgehead atoms. The maximum absolute atomic E-state index is 14.0. The molecule has 5 rings (SSSR count). The van der Waals surface area contributed by atoms with Crippen LogP contribution in [0.15, 0.2) is 23.1 Å². The van der Waals surface area contributed by atoms with E-state index in [1.165, 1.54) is 15.8 Å². The van der Waals surface area contributed by atoms with Gasteiger partial charge in [-0.1, -0.05) is 11.3 Å². The topological polar surface area (TPSA) is 91.6 Å². The first-order valence-corrected chi connectivity index (χ1v) is 11.0. The molecule has 0 radical (unpaired) electrons. The Kier molecular flexibility index (Phi) is 4.92. The van der Waals surface area contributed by atoms with Gasteiger partial charge in [0.1, 0.15) is 28.6 Å². The lowest BCUT2D eigenvalue weighted by Crippen LogP contribution is -2.59. The third kappa shape index (κ3) is 3.27. The molecule has 3 aromatic rings. The summed E-state index contributed by atoms with van der Waals surface area (Å²) in [6.45, 7) is 1.98. The van der Waals surface area contributed by atoms with Gasteiger partial charge < -0.3 is 10.0 Å². The number of fused-ring (bicyclic) bond motifs is 3. The van der Waals surface area contributed by atoms with Crippen LogP contribution < -0.4 is 10.4 Å². The van der Waals surface area contributed by atoms with Gasteiger partial charge in [0.2, 0.25) is 5.43 Å². The van der Waals surface area contributed by atoms with Gasteiger partial charge in [-0.05, 0) is 19.8 Å². The highest BCUT2D eigenvalue weighted by atomic mass is 32.1. The molecule has 0 spiro atoms. The van der Waals surface area contributed by atoms with Crippen molar-refractivity contribution < 1.29 is 23.1 Å². The fraction of sp³-hybridized carbons (Fsp3) is 0.333. The summed E-state index contributed by atoms with van der Waals surface area (Å²) in [6.07, 6.45) is 2.50. The molecule has 0 saturated carbocycles. The number of aromatic nitrogens is 3. The molecular formula is C21H18F3N5O3S. The van der Waals surface area contributed by atoms with E-state index in [1.54, 1.807) is 7.05 Å². The Hall–Kier alpha value is -3.41. The number of pyridine rings is 1. The summed E-state index contributed by atoms with van der Waals surface area (Å²) in [6, 6.07) is 1.21. The maximum Gasteiger partial charge on any atom is 0.277 e. The Morgan fingerprint density at radius 3 is 2.55 bits per heavy atom. The highest BCUT2D eigenvalue weighted by Crippen LogP contribution is 2.34. The second-order valence-electron chi connectivity index (χ2n) is 8.14. The molecule has 33 heavy (non-hydrogen) atoms. The maximum atomic E-state index is 14.0. The van der Waals surface area contributed by atoms with Crippen LogP contribution in [0.4, 0.5) is 13.2 Å². The first-order valence-electron chi connectivity index (χ1n) is 10.2. The number of aromatic hydroxyl groups is 1. The zero-order chi connectivity index (χ0) is 23.6. The first-order chi connectivity index (χ1) is 15.7. The zero-order valence-electron chi connectivity index (χ0n) is 17.5. The fourth-order valence-corrected chi connectivity index (χ4v) is 5.29. The standard InChI is InChI=1S/C21H18F3N5O3S/c1-9-3-4-16-27(2)21(32)17-19(31)18(30)12(8-28(17)29(9)16)20-26-25-15(33-20)7-11-13(23)5-10(22)6-14(11)24/h5-6,8-9,16,31H,3-4,7H2,1-2H3/t9-,16-/m1/s1. The van der Waals surface area contributed by atoms with Gasteiger partial charge in [-0.2, -0.15) is 0 Å². The predicted molar refractivity (Wildman–Crippen MR) is 113 cm³/mol. The SMILES string of the molecule is C[C@@H]1CC[C@@H]2N(C)C(=O)c3c(O)c(=O)c(-c4nnc(Cc5c(F)cc(F)cc5F)s4)cn3N12. The second-order valence-corrected chi connectivity index (χ2v) is 9.20. The summed E-state index contributed by atoms with van der Waals surface area (Å²) in [4.78, 5) is 27.2. The zero-order valence-corrected chi connectivity index (χ0v) is 18.4. The lowest BCUT2D eigenvalue weighted by Gasteiger charge is -2.43. The number of halogens is 3. The van der Waals surface area contributed by atoms with Crippen LogP contribution in [-0.2, 0) is 6.42 Å².